The van der Waals surface area contributed by atoms with Crippen molar-refractivity contribution in [1.82, 2.24) is 0 Å². The molecule has 2 aromatic rings. The number of benzene rings is 2. The number of carboxylic acid groups (broad SMARTS) is 1. The van der Waals surface area contributed by atoms with Gasteiger partial charge in [0, 0.05) is 5.39 Å². The number of carbonyl (C=O) groups excluding carboxylic acids is 1. The van der Waals surface area contributed by atoms with Gasteiger partial charge in [0.15, 0.2) is 0 Å². The van der Waals surface area contributed by atoms with Crippen LogP contribution in [0.25, 0.3) is 10.8 Å². The van der Waals surface area contributed by atoms with Crippen molar-refractivity contribution in [3.63, 3.8) is 0 Å². The van der Waals surface area contributed by atoms with Crippen LogP contribution in [0.4, 0.5) is 0 Å². The minimum atomic E-state index is -0.999. The van der Waals surface area contributed by atoms with Crippen molar-refractivity contribution in [2.45, 2.75) is 20.3 Å². The topological polar surface area (TPSA) is 63.6 Å². The fourth-order valence-corrected chi connectivity index (χ4v) is 1.93. The minimum Gasteiger partial charge on any atom is -0.478 e. The predicted molar refractivity (Wildman–Crippen MR) is 76.0 cm³/mol. The molecule has 4 nitrogen and oxygen atoms in total. The van der Waals surface area contributed by atoms with Crippen molar-refractivity contribution in [1.29, 1.82) is 0 Å². The fraction of sp³-hybridized carbons (Fsp3) is 0.250. The molecule has 0 spiro atoms. The molecule has 0 aromatic heterocycles. The third-order valence-electron chi connectivity index (χ3n) is 3.34. The highest BCUT2D eigenvalue weighted by Crippen LogP contribution is 2.28. The van der Waals surface area contributed by atoms with Gasteiger partial charge in [-0.2, -0.15) is 0 Å². The van der Waals surface area contributed by atoms with E-state index in [-0.39, 0.29) is 17.5 Å². The molecule has 2 aromatic carbocycles. The van der Waals surface area contributed by atoms with Crippen LogP contribution in [-0.2, 0) is 4.79 Å². The van der Waals surface area contributed by atoms with Crippen LogP contribution in [0.1, 0.15) is 30.6 Å². The lowest BCUT2D eigenvalue weighted by Crippen LogP contribution is -2.17. The summed E-state index contributed by atoms with van der Waals surface area (Å²) in [5, 5.41) is 10.4. The molecule has 4 heteroatoms. The number of fused-ring (bicyclic) bond motifs is 1. The molecule has 0 aliphatic rings. The quantitative estimate of drug-likeness (QED) is 0.683. The molecule has 0 saturated carbocycles. The van der Waals surface area contributed by atoms with E-state index in [1.165, 1.54) is 6.07 Å². The molecule has 0 aliphatic heterocycles. The second-order valence-electron chi connectivity index (χ2n) is 4.69. The number of hydrogen-bond donors (Lipinski definition) is 1. The van der Waals surface area contributed by atoms with Gasteiger partial charge >= 0.3 is 11.9 Å². The lowest BCUT2D eigenvalue weighted by molar-refractivity contribution is -0.138. The highest BCUT2D eigenvalue weighted by Gasteiger charge is 2.16. The Bertz CT molecular complexity index is 661. The van der Waals surface area contributed by atoms with Crippen LogP contribution in [-0.4, -0.2) is 17.0 Å². The first-order chi connectivity index (χ1) is 9.54. The molecule has 0 saturated heterocycles. The van der Waals surface area contributed by atoms with Gasteiger partial charge in [-0.3, -0.25) is 4.79 Å². The first-order valence-corrected chi connectivity index (χ1v) is 6.51. The van der Waals surface area contributed by atoms with Crippen LogP contribution in [0.3, 0.4) is 0 Å². The number of rotatable bonds is 4. The van der Waals surface area contributed by atoms with Gasteiger partial charge in [0.1, 0.15) is 5.75 Å². The lowest BCUT2D eigenvalue weighted by atomic mass is 10.0. The van der Waals surface area contributed by atoms with E-state index in [1.54, 1.807) is 37.3 Å². The average molecular weight is 272 g/mol. The maximum Gasteiger partial charge on any atom is 0.336 e. The van der Waals surface area contributed by atoms with Crippen molar-refractivity contribution >= 4 is 22.7 Å². The molecule has 0 radical (unpaired) electrons. The van der Waals surface area contributed by atoms with Gasteiger partial charge in [-0.15, -0.1) is 0 Å². The van der Waals surface area contributed by atoms with E-state index in [0.717, 1.165) is 0 Å². The fourth-order valence-electron chi connectivity index (χ4n) is 1.93. The van der Waals surface area contributed by atoms with Gasteiger partial charge in [-0.1, -0.05) is 38.1 Å². The first-order valence-electron chi connectivity index (χ1n) is 6.51. The number of carbonyl (C=O) groups is 2. The molecule has 0 heterocycles. The van der Waals surface area contributed by atoms with Gasteiger partial charge in [-0.05, 0) is 23.9 Å². The zero-order chi connectivity index (χ0) is 14.7. The van der Waals surface area contributed by atoms with E-state index in [9.17, 15) is 14.7 Å². The highest BCUT2D eigenvalue weighted by molar-refractivity contribution is 6.05. The van der Waals surface area contributed by atoms with E-state index >= 15 is 0 Å². The van der Waals surface area contributed by atoms with Crippen molar-refractivity contribution in [2.75, 3.05) is 0 Å². The van der Waals surface area contributed by atoms with Crippen molar-refractivity contribution < 1.29 is 19.4 Å². The molecule has 0 aliphatic carbocycles. The normalized spacial score (nSPS) is 12.1. The third kappa shape index (κ3) is 2.64. The van der Waals surface area contributed by atoms with Gasteiger partial charge in [0.2, 0.25) is 0 Å². The lowest BCUT2D eigenvalue weighted by Gasteiger charge is -2.11. The Balaban J connectivity index is 2.48. The van der Waals surface area contributed by atoms with Crippen molar-refractivity contribution in [2.24, 2.45) is 5.92 Å². The molecule has 1 atom stereocenters. The molecular formula is C16H16O4. The molecule has 2 rings (SSSR count). The highest BCUT2D eigenvalue weighted by atomic mass is 16.5. The molecule has 0 fully saturated rings. The van der Waals surface area contributed by atoms with Gasteiger partial charge in [0.05, 0.1) is 11.5 Å². The smallest absolute Gasteiger partial charge is 0.336 e. The molecule has 0 bridgehead atoms. The predicted octanol–water partition coefficient (Wildman–Crippen LogP) is 3.49. The van der Waals surface area contributed by atoms with Crippen molar-refractivity contribution in [3.05, 3.63) is 42.0 Å². The number of carboxylic acids is 1. The summed E-state index contributed by atoms with van der Waals surface area (Å²) in [5.41, 5.74) is 0.198. The Kier molecular flexibility index (Phi) is 4.03. The second-order valence-corrected chi connectivity index (χ2v) is 4.69. The monoisotopic (exact) mass is 272 g/mol. The van der Waals surface area contributed by atoms with Crippen molar-refractivity contribution in [3.8, 4) is 5.75 Å². The summed E-state index contributed by atoms with van der Waals surface area (Å²) in [5.74, 6) is -1.09. The van der Waals surface area contributed by atoms with E-state index in [2.05, 4.69) is 0 Å². The van der Waals surface area contributed by atoms with E-state index < -0.39 is 5.97 Å². The van der Waals surface area contributed by atoms with E-state index in [0.29, 0.717) is 22.9 Å². The van der Waals surface area contributed by atoms with Gasteiger partial charge in [0.25, 0.3) is 0 Å². The Hall–Kier alpha value is -2.36. The molecule has 0 amide bonds. The molecular weight excluding hydrogens is 256 g/mol. The maximum absolute atomic E-state index is 11.9. The maximum atomic E-state index is 11.9. The zero-order valence-electron chi connectivity index (χ0n) is 11.4. The van der Waals surface area contributed by atoms with Crippen LogP contribution >= 0.6 is 0 Å². The molecule has 20 heavy (non-hydrogen) atoms. The third-order valence-corrected chi connectivity index (χ3v) is 3.34. The summed E-state index contributed by atoms with van der Waals surface area (Å²) in [7, 11) is 0. The average Bonchev–Trinajstić information content (AvgIpc) is 2.45. The van der Waals surface area contributed by atoms with E-state index in [1.807, 2.05) is 6.92 Å². The van der Waals surface area contributed by atoms with Crippen LogP contribution in [0.2, 0.25) is 0 Å². The van der Waals surface area contributed by atoms with Crippen LogP contribution in [0.15, 0.2) is 36.4 Å². The summed E-state index contributed by atoms with van der Waals surface area (Å²) >= 11 is 0. The molecule has 1 N–H and O–H groups in total. The van der Waals surface area contributed by atoms with Gasteiger partial charge < -0.3 is 9.84 Å². The van der Waals surface area contributed by atoms with Gasteiger partial charge in [-0.25, -0.2) is 4.79 Å². The summed E-state index contributed by atoms with van der Waals surface area (Å²) in [6.45, 7) is 3.72. The summed E-state index contributed by atoms with van der Waals surface area (Å²) in [4.78, 5) is 23.1. The Morgan fingerprint density at radius 3 is 2.45 bits per heavy atom. The molecule has 1 unspecified atom stereocenters. The van der Waals surface area contributed by atoms with Crippen LogP contribution in [0.5, 0.6) is 5.75 Å². The Morgan fingerprint density at radius 1 is 1.15 bits per heavy atom. The van der Waals surface area contributed by atoms with Crippen LogP contribution in [0, 0.1) is 5.92 Å². The summed E-state index contributed by atoms with van der Waals surface area (Å²) in [6, 6.07) is 10.00. The Morgan fingerprint density at radius 2 is 1.80 bits per heavy atom. The number of esters is 1. The second kappa shape index (κ2) is 5.74. The number of hydrogen-bond acceptors (Lipinski definition) is 3. The Labute approximate surface area is 117 Å². The first kappa shape index (κ1) is 14.1. The molecule has 104 valence electrons. The summed E-state index contributed by atoms with van der Waals surface area (Å²) in [6.07, 6.45) is 0.698. The largest absolute Gasteiger partial charge is 0.478 e. The standard InChI is InChI=1S/C16H16O4/c1-3-10(2)16(19)20-14-9-5-6-11-12(14)7-4-8-13(11)15(17)18/h4-10H,3H2,1-2H3,(H,17,18). The SMILES string of the molecule is CCC(C)C(=O)Oc1cccc2c(C(=O)O)cccc12. The summed E-state index contributed by atoms with van der Waals surface area (Å²) < 4.78 is 5.38. The number of aromatic carboxylic acids is 1. The minimum absolute atomic E-state index is 0.187. The zero-order valence-corrected chi connectivity index (χ0v) is 11.4. The van der Waals surface area contributed by atoms with E-state index in [4.69, 9.17) is 4.74 Å². The van der Waals surface area contributed by atoms with Crippen LogP contribution < -0.4 is 4.74 Å². The number of ether oxygens (including phenoxy) is 1.